The topological polar surface area (TPSA) is 38.3 Å². The molecule has 21 heavy (non-hydrogen) atoms. The van der Waals surface area contributed by atoms with Crippen molar-refractivity contribution in [2.75, 3.05) is 13.2 Å². The standard InChI is InChI=1S/C18H21NO2/c1-15-8-5-6-9-16(15)14-18(20)19-12-7-13-21-17-10-3-2-4-11-17/h2-6,8-11H,7,12-14H2,1H3,(H,19,20). The zero-order chi connectivity index (χ0) is 14.9. The van der Waals surface area contributed by atoms with Crippen molar-refractivity contribution >= 4 is 5.91 Å². The first-order valence-electron chi connectivity index (χ1n) is 7.25. The van der Waals surface area contributed by atoms with Crippen molar-refractivity contribution < 1.29 is 9.53 Å². The first-order chi connectivity index (χ1) is 10.3. The van der Waals surface area contributed by atoms with E-state index in [2.05, 4.69) is 5.32 Å². The molecule has 0 atom stereocenters. The second-order valence-corrected chi connectivity index (χ2v) is 4.97. The molecule has 0 fully saturated rings. The van der Waals surface area contributed by atoms with Crippen LogP contribution in [0.4, 0.5) is 0 Å². The third-order valence-corrected chi connectivity index (χ3v) is 3.27. The minimum absolute atomic E-state index is 0.0593. The number of carbonyl (C=O) groups excluding carboxylic acids is 1. The third kappa shape index (κ3) is 5.30. The van der Waals surface area contributed by atoms with E-state index >= 15 is 0 Å². The Labute approximate surface area is 126 Å². The van der Waals surface area contributed by atoms with Gasteiger partial charge in [-0.2, -0.15) is 0 Å². The molecule has 3 nitrogen and oxygen atoms in total. The smallest absolute Gasteiger partial charge is 0.224 e. The Hall–Kier alpha value is -2.29. The molecule has 2 aromatic carbocycles. The van der Waals surface area contributed by atoms with Crippen LogP contribution in [0.2, 0.25) is 0 Å². The molecule has 0 aliphatic heterocycles. The molecule has 0 bridgehead atoms. The summed E-state index contributed by atoms with van der Waals surface area (Å²) >= 11 is 0. The van der Waals surface area contributed by atoms with Gasteiger partial charge < -0.3 is 10.1 Å². The number of para-hydroxylation sites is 1. The summed E-state index contributed by atoms with van der Waals surface area (Å²) in [5.74, 6) is 0.924. The fraction of sp³-hybridized carbons (Fsp3) is 0.278. The molecule has 0 aliphatic rings. The second-order valence-electron chi connectivity index (χ2n) is 4.97. The minimum atomic E-state index is 0.0593. The highest BCUT2D eigenvalue weighted by Gasteiger charge is 2.04. The van der Waals surface area contributed by atoms with Crippen molar-refractivity contribution in [1.82, 2.24) is 5.32 Å². The van der Waals surface area contributed by atoms with Gasteiger partial charge in [0.15, 0.2) is 0 Å². The summed E-state index contributed by atoms with van der Waals surface area (Å²) in [5.41, 5.74) is 2.23. The van der Waals surface area contributed by atoms with Crippen molar-refractivity contribution in [2.45, 2.75) is 19.8 Å². The summed E-state index contributed by atoms with van der Waals surface area (Å²) in [4.78, 5) is 11.8. The molecule has 3 heteroatoms. The highest BCUT2D eigenvalue weighted by atomic mass is 16.5. The maximum Gasteiger partial charge on any atom is 0.224 e. The molecule has 1 amide bonds. The van der Waals surface area contributed by atoms with Gasteiger partial charge in [0.05, 0.1) is 13.0 Å². The van der Waals surface area contributed by atoms with Crippen LogP contribution in [0.1, 0.15) is 17.5 Å². The normalized spacial score (nSPS) is 10.1. The Kier molecular flexibility index (Phi) is 5.83. The number of amides is 1. The maximum absolute atomic E-state index is 11.8. The summed E-state index contributed by atoms with van der Waals surface area (Å²) < 4.78 is 5.57. The van der Waals surface area contributed by atoms with E-state index in [1.165, 1.54) is 0 Å². The maximum atomic E-state index is 11.8. The van der Waals surface area contributed by atoms with E-state index in [1.807, 2.05) is 61.5 Å². The molecule has 110 valence electrons. The van der Waals surface area contributed by atoms with E-state index in [1.54, 1.807) is 0 Å². The van der Waals surface area contributed by atoms with Crippen molar-refractivity contribution in [2.24, 2.45) is 0 Å². The molecule has 0 saturated heterocycles. The van der Waals surface area contributed by atoms with Crippen molar-refractivity contribution in [3.05, 3.63) is 65.7 Å². The Morgan fingerprint density at radius 1 is 1.05 bits per heavy atom. The largest absolute Gasteiger partial charge is 0.494 e. The summed E-state index contributed by atoms with van der Waals surface area (Å²) in [6.45, 7) is 3.27. The molecule has 1 N–H and O–H groups in total. The first kappa shape index (κ1) is 15.1. The number of nitrogens with one attached hydrogen (secondary N) is 1. The molecule has 0 saturated carbocycles. The Bertz CT molecular complexity index is 566. The zero-order valence-electron chi connectivity index (χ0n) is 12.3. The molecule has 2 rings (SSSR count). The van der Waals surface area contributed by atoms with Crippen molar-refractivity contribution in [3.63, 3.8) is 0 Å². The third-order valence-electron chi connectivity index (χ3n) is 3.27. The van der Waals surface area contributed by atoms with Gasteiger partial charge in [-0.15, -0.1) is 0 Å². The molecule has 0 radical (unpaired) electrons. The first-order valence-corrected chi connectivity index (χ1v) is 7.25. The van der Waals surface area contributed by atoms with E-state index in [0.717, 1.165) is 23.3 Å². The molecule has 0 aromatic heterocycles. The van der Waals surface area contributed by atoms with Gasteiger partial charge in [-0.1, -0.05) is 42.5 Å². The van der Waals surface area contributed by atoms with Crippen LogP contribution in [0.15, 0.2) is 54.6 Å². The van der Waals surface area contributed by atoms with E-state index in [-0.39, 0.29) is 5.91 Å². The van der Waals surface area contributed by atoms with Crippen LogP contribution in [0, 0.1) is 6.92 Å². The average molecular weight is 283 g/mol. The lowest BCUT2D eigenvalue weighted by Crippen LogP contribution is -2.27. The summed E-state index contributed by atoms with van der Waals surface area (Å²) in [7, 11) is 0. The molecule has 0 unspecified atom stereocenters. The highest BCUT2D eigenvalue weighted by Crippen LogP contribution is 2.08. The van der Waals surface area contributed by atoms with Crippen LogP contribution >= 0.6 is 0 Å². The van der Waals surface area contributed by atoms with Crippen LogP contribution in [0.25, 0.3) is 0 Å². The molecule has 0 aliphatic carbocycles. The van der Waals surface area contributed by atoms with Gasteiger partial charge in [-0.25, -0.2) is 0 Å². The predicted octanol–water partition coefficient (Wildman–Crippen LogP) is 3.12. The van der Waals surface area contributed by atoms with Crippen LogP contribution in [0.3, 0.4) is 0 Å². The van der Waals surface area contributed by atoms with E-state index in [0.29, 0.717) is 19.6 Å². The molecular formula is C18H21NO2. The van der Waals surface area contributed by atoms with Gasteiger partial charge in [0, 0.05) is 6.54 Å². The van der Waals surface area contributed by atoms with Crippen LogP contribution < -0.4 is 10.1 Å². The Balaban J connectivity index is 1.63. The van der Waals surface area contributed by atoms with Gasteiger partial charge in [0.1, 0.15) is 5.75 Å². The molecule has 2 aromatic rings. The zero-order valence-corrected chi connectivity index (χ0v) is 12.3. The summed E-state index contributed by atoms with van der Waals surface area (Å²) in [5, 5.41) is 2.93. The van der Waals surface area contributed by atoms with Crippen LogP contribution in [0.5, 0.6) is 5.75 Å². The molecule has 0 heterocycles. The van der Waals surface area contributed by atoms with Crippen LogP contribution in [-0.4, -0.2) is 19.1 Å². The molecular weight excluding hydrogens is 262 g/mol. The number of ether oxygens (including phenoxy) is 1. The van der Waals surface area contributed by atoms with E-state index < -0.39 is 0 Å². The fourth-order valence-electron chi connectivity index (χ4n) is 2.05. The SMILES string of the molecule is Cc1ccccc1CC(=O)NCCCOc1ccccc1. The van der Waals surface area contributed by atoms with Crippen LogP contribution in [-0.2, 0) is 11.2 Å². The molecule has 0 spiro atoms. The number of aryl methyl sites for hydroxylation is 1. The van der Waals surface area contributed by atoms with E-state index in [9.17, 15) is 4.79 Å². The second kappa shape index (κ2) is 8.10. The highest BCUT2D eigenvalue weighted by molar-refractivity contribution is 5.78. The minimum Gasteiger partial charge on any atom is -0.494 e. The average Bonchev–Trinajstić information content (AvgIpc) is 2.50. The Morgan fingerprint density at radius 2 is 1.76 bits per heavy atom. The Morgan fingerprint density at radius 3 is 2.52 bits per heavy atom. The monoisotopic (exact) mass is 283 g/mol. The predicted molar refractivity (Wildman–Crippen MR) is 84.4 cm³/mol. The lowest BCUT2D eigenvalue weighted by molar-refractivity contribution is -0.120. The van der Waals surface area contributed by atoms with Crippen molar-refractivity contribution in [1.29, 1.82) is 0 Å². The summed E-state index contributed by atoms with van der Waals surface area (Å²) in [6, 6.07) is 17.7. The van der Waals surface area contributed by atoms with Gasteiger partial charge in [0.25, 0.3) is 0 Å². The fourth-order valence-corrected chi connectivity index (χ4v) is 2.05. The van der Waals surface area contributed by atoms with Gasteiger partial charge in [0.2, 0.25) is 5.91 Å². The van der Waals surface area contributed by atoms with Gasteiger partial charge in [-0.05, 0) is 36.6 Å². The van der Waals surface area contributed by atoms with Crippen molar-refractivity contribution in [3.8, 4) is 5.75 Å². The summed E-state index contributed by atoms with van der Waals surface area (Å²) in [6.07, 6.45) is 1.24. The number of carbonyl (C=O) groups is 1. The van der Waals surface area contributed by atoms with Gasteiger partial charge in [-0.3, -0.25) is 4.79 Å². The lowest BCUT2D eigenvalue weighted by atomic mass is 10.1. The number of hydrogen-bond acceptors (Lipinski definition) is 2. The van der Waals surface area contributed by atoms with E-state index in [4.69, 9.17) is 4.74 Å². The van der Waals surface area contributed by atoms with Gasteiger partial charge >= 0.3 is 0 Å². The number of rotatable bonds is 7. The quantitative estimate of drug-likeness (QED) is 0.793. The number of hydrogen-bond donors (Lipinski definition) is 1. The lowest BCUT2D eigenvalue weighted by Gasteiger charge is -2.08. The number of benzene rings is 2.